The average Bonchev–Trinajstić information content (AvgIpc) is 3.01. The van der Waals surface area contributed by atoms with Crippen molar-refractivity contribution < 1.29 is 27.4 Å². The average molecular weight is 392 g/mol. The first-order valence-electron chi connectivity index (χ1n) is 8.31. The number of nitrogens with one attached hydrogen (secondary N) is 1. The van der Waals surface area contributed by atoms with E-state index in [0.29, 0.717) is 0 Å². The van der Waals surface area contributed by atoms with E-state index in [1.165, 1.54) is 18.2 Å². The highest BCUT2D eigenvalue weighted by atomic mass is 19.1. The number of amidine groups is 1. The van der Waals surface area contributed by atoms with Gasteiger partial charge in [0.15, 0.2) is 11.2 Å². The zero-order chi connectivity index (χ0) is 19.9. The number of carbonyl (C=O) groups excluding carboxylic acids is 1. The normalized spacial score (nSPS) is 26.2. The molecule has 2 aliphatic heterocycles. The zero-order valence-electron chi connectivity index (χ0n) is 14.4. The van der Waals surface area contributed by atoms with Gasteiger partial charge in [-0.05, 0) is 30.3 Å². The van der Waals surface area contributed by atoms with Crippen LogP contribution >= 0.6 is 0 Å². The number of fused-ring (bicyclic) bond motifs is 1. The number of amides is 1. The van der Waals surface area contributed by atoms with Crippen molar-refractivity contribution in [2.45, 2.75) is 11.2 Å². The number of nitrogens with two attached hydrogens (primary N) is 1. The number of hydrogen-bond acceptors (Lipinski definition) is 6. The molecule has 1 aromatic carbocycles. The van der Waals surface area contributed by atoms with E-state index in [-0.39, 0.29) is 36.2 Å². The second-order valence-corrected chi connectivity index (χ2v) is 6.57. The van der Waals surface area contributed by atoms with Crippen LogP contribution in [0.5, 0.6) is 0 Å². The Morgan fingerprint density at radius 3 is 2.75 bits per heavy atom. The summed E-state index contributed by atoms with van der Waals surface area (Å²) in [6.45, 7) is -1.00. The van der Waals surface area contributed by atoms with Gasteiger partial charge in [-0.1, -0.05) is 0 Å². The van der Waals surface area contributed by atoms with Crippen molar-refractivity contribution in [1.82, 2.24) is 4.98 Å². The quantitative estimate of drug-likeness (QED) is 0.831. The molecule has 10 heteroatoms. The summed E-state index contributed by atoms with van der Waals surface area (Å²) in [5.41, 5.74) is 1.78. The molecular weight excluding hydrogens is 377 g/mol. The molecule has 28 heavy (non-hydrogen) atoms. The fourth-order valence-corrected chi connectivity index (χ4v) is 3.32. The Balaban J connectivity index is 1.70. The summed E-state index contributed by atoms with van der Waals surface area (Å²) in [5.74, 6) is -1.96. The van der Waals surface area contributed by atoms with Gasteiger partial charge in [-0.15, -0.1) is 0 Å². The van der Waals surface area contributed by atoms with Gasteiger partial charge in [0.1, 0.15) is 23.9 Å². The maximum absolute atomic E-state index is 15.4. The molecule has 0 bridgehead atoms. The van der Waals surface area contributed by atoms with E-state index in [0.717, 1.165) is 18.3 Å². The lowest BCUT2D eigenvalue weighted by Gasteiger charge is -2.38. The number of hydrogen-bond donors (Lipinski definition) is 2. The molecular formula is C18H15F3N4O3. The number of pyridine rings is 1. The molecule has 1 aromatic heterocycles. The third-order valence-electron chi connectivity index (χ3n) is 4.76. The number of halogens is 3. The molecule has 3 heterocycles. The van der Waals surface area contributed by atoms with Gasteiger partial charge in [-0.25, -0.2) is 23.1 Å². The van der Waals surface area contributed by atoms with Crippen molar-refractivity contribution >= 4 is 17.6 Å². The Labute approximate surface area is 157 Å². The van der Waals surface area contributed by atoms with Crippen molar-refractivity contribution in [3.63, 3.8) is 0 Å². The highest BCUT2D eigenvalue weighted by Crippen LogP contribution is 2.48. The first-order valence-corrected chi connectivity index (χ1v) is 8.31. The van der Waals surface area contributed by atoms with E-state index < -0.39 is 35.4 Å². The van der Waals surface area contributed by atoms with Crippen LogP contribution in [0.1, 0.15) is 16.1 Å². The van der Waals surface area contributed by atoms with Crippen LogP contribution in [0.4, 0.5) is 18.9 Å². The number of aromatic nitrogens is 1. The molecule has 0 aliphatic carbocycles. The summed E-state index contributed by atoms with van der Waals surface area (Å²) in [4.78, 5) is 20.0. The van der Waals surface area contributed by atoms with E-state index in [1.54, 1.807) is 0 Å². The van der Waals surface area contributed by atoms with Crippen molar-refractivity contribution in [2.24, 2.45) is 10.7 Å². The summed E-state index contributed by atoms with van der Waals surface area (Å²) in [5, 5.41) is 2.52. The predicted molar refractivity (Wildman–Crippen MR) is 92.5 cm³/mol. The summed E-state index contributed by atoms with van der Waals surface area (Å²) >= 11 is 0. The minimum Gasteiger partial charge on any atom is -0.462 e. The number of aliphatic imine (C=N–C) groups is 1. The molecule has 2 aromatic rings. The van der Waals surface area contributed by atoms with Crippen LogP contribution in [0.2, 0.25) is 0 Å². The van der Waals surface area contributed by atoms with Gasteiger partial charge >= 0.3 is 0 Å². The van der Waals surface area contributed by atoms with Crippen molar-refractivity contribution in [2.75, 3.05) is 25.1 Å². The topological polar surface area (TPSA) is 98.8 Å². The van der Waals surface area contributed by atoms with Gasteiger partial charge in [0.2, 0.25) is 0 Å². The van der Waals surface area contributed by atoms with Crippen LogP contribution in [0.25, 0.3) is 0 Å². The zero-order valence-corrected chi connectivity index (χ0v) is 14.4. The molecule has 0 spiro atoms. The number of carbonyl (C=O) groups is 1. The molecule has 3 N–H and O–H groups in total. The first kappa shape index (κ1) is 18.2. The standard InChI is InChI=1S/C18H15F3N4O3/c19-10-1-4-14(23-6-10)15(26)24-11-2-3-13(20)12(5-11)18-9-27-7-17(18,21)8-28-16(22)25-18/h1-6H,7-9H2,(H2,22,25)(H,24,26). The molecule has 0 saturated carbocycles. The Morgan fingerprint density at radius 2 is 2.00 bits per heavy atom. The Morgan fingerprint density at radius 1 is 1.18 bits per heavy atom. The van der Waals surface area contributed by atoms with Crippen LogP contribution in [0.3, 0.4) is 0 Å². The van der Waals surface area contributed by atoms with Crippen LogP contribution < -0.4 is 11.1 Å². The molecule has 1 saturated heterocycles. The minimum atomic E-state index is -2.11. The van der Waals surface area contributed by atoms with Gasteiger partial charge in [-0.3, -0.25) is 4.79 Å². The molecule has 7 nitrogen and oxygen atoms in total. The maximum atomic E-state index is 15.4. The molecule has 1 amide bonds. The third kappa shape index (κ3) is 2.85. The summed E-state index contributed by atoms with van der Waals surface area (Å²) in [7, 11) is 0. The highest BCUT2D eigenvalue weighted by molar-refractivity contribution is 6.02. The van der Waals surface area contributed by atoms with E-state index in [4.69, 9.17) is 15.2 Å². The fourth-order valence-electron chi connectivity index (χ4n) is 3.32. The van der Waals surface area contributed by atoms with Crippen LogP contribution in [-0.2, 0) is 15.0 Å². The number of alkyl halides is 1. The largest absolute Gasteiger partial charge is 0.462 e. The SMILES string of the molecule is NC1=NC2(c3cc(NC(=O)c4ccc(F)cn4)ccc3F)COCC2(F)CO1. The Kier molecular flexibility index (Phi) is 4.22. The second-order valence-electron chi connectivity index (χ2n) is 6.57. The highest BCUT2D eigenvalue weighted by Gasteiger charge is 2.62. The monoisotopic (exact) mass is 392 g/mol. The molecule has 2 aliphatic rings. The number of nitrogens with zero attached hydrogens (tertiary/aromatic N) is 2. The van der Waals surface area contributed by atoms with Crippen molar-refractivity contribution in [3.8, 4) is 0 Å². The molecule has 2 unspecified atom stereocenters. The number of benzene rings is 1. The molecule has 4 rings (SSSR count). The molecule has 1 fully saturated rings. The second kappa shape index (κ2) is 6.48. The number of rotatable bonds is 3. The number of ether oxygens (including phenoxy) is 2. The molecule has 2 atom stereocenters. The molecule has 146 valence electrons. The van der Waals surface area contributed by atoms with Crippen LogP contribution in [0.15, 0.2) is 41.5 Å². The summed E-state index contributed by atoms with van der Waals surface area (Å²) < 4.78 is 53.3. The minimum absolute atomic E-state index is 0.0391. The van der Waals surface area contributed by atoms with Crippen molar-refractivity contribution in [3.05, 3.63) is 59.4 Å². The van der Waals surface area contributed by atoms with E-state index in [1.807, 2.05) is 0 Å². The van der Waals surface area contributed by atoms with E-state index in [2.05, 4.69) is 15.3 Å². The predicted octanol–water partition coefficient (Wildman–Crippen LogP) is 1.89. The lowest BCUT2D eigenvalue weighted by Crippen LogP contribution is -2.55. The van der Waals surface area contributed by atoms with Crippen LogP contribution in [-0.4, -0.2) is 42.4 Å². The van der Waals surface area contributed by atoms with Gasteiger partial charge in [-0.2, -0.15) is 0 Å². The smallest absolute Gasteiger partial charge is 0.283 e. The third-order valence-corrected chi connectivity index (χ3v) is 4.76. The summed E-state index contributed by atoms with van der Waals surface area (Å²) in [6, 6.07) is 5.67. The maximum Gasteiger partial charge on any atom is 0.283 e. The van der Waals surface area contributed by atoms with Crippen LogP contribution in [0, 0.1) is 11.6 Å². The van der Waals surface area contributed by atoms with Gasteiger partial charge in [0.25, 0.3) is 11.9 Å². The Bertz CT molecular complexity index is 969. The lowest BCUT2D eigenvalue weighted by molar-refractivity contribution is 0.00905. The Hall–Kier alpha value is -3.14. The van der Waals surface area contributed by atoms with E-state index in [9.17, 15) is 13.6 Å². The van der Waals surface area contributed by atoms with Gasteiger partial charge in [0.05, 0.1) is 19.4 Å². The van der Waals surface area contributed by atoms with Gasteiger partial charge in [0, 0.05) is 11.3 Å². The van der Waals surface area contributed by atoms with E-state index >= 15 is 4.39 Å². The molecule has 0 radical (unpaired) electrons. The lowest BCUT2D eigenvalue weighted by atomic mass is 9.78. The number of anilines is 1. The fraction of sp³-hybridized carbons (Fsp3) is 0.278. The van der Waals surface area contributed by atoms with Gasteiger partial charge < -0.3 is 20.5 Å². The first-order chi connectivity index (χ1) is 13.3. The summed E-state index contributed by atoms with van der Waals surface area (Å²) in [6.07, 6.45) is 0.900. The van der Waals surface area contributed by atoms with Crippen molar-refractivity contribution in [1.29, 1.82) is 0 Å².